The number of phenols is 1. The number of ether oxygens (including phenoxy) is 1. The molecule has 0 radical (unpaired) electrons. The summed E-state index contributed by atoms with van der Waals surface area (Å²) in [4.78, 5) is 0. The Bertz CT molecular complexity index is 506. The van der Waals surface area contributed by atoms with Gasteiger partial charge in [-0.25, -0.2) is 0 Å². The summed E-state index contributed by atoms with van der Waals surface area (Å²) in [6, 6.07) is 15.6. The van der Waals surface area contributed by atoms with Crippen molar-refractivity contribution in [2.75, 3.05) is 7.11 Å². The summed E-state index contributed by atoms with van der Waals surface area (Å²) in [5, 5.41) is 9.67. The molecule has 94 valence electrons. The van der Waals surface area contributed by atoms with Crippen molar-refractivity contribution in [1.29, 1.82) is 0 Å². The summed E-state index contributed by atoms with van der Waals surface area (Å²) in [6.45, 7) is 0. The molecule has 0 aliphatic carbocycles. The van der Waals surface area contributed by atoms with Crippen molar-refractivity contribution in [1.82, 2.24) is 0 Å². The quantitative estimate of drug-likeness (QED) is 0.868. The first-order valence-corrected chi connectivity index (χ1v) is 6.19. The number of para-hydroxylation sites is 1. The molecule has 0 unspecified atom stereocenters. The molecule has 0 spiro atoms. The highest BCUT2D eigenvalue weighted by molar-refractivity contribution is 5.32. The van der Waals surface area contributed by atoms with E-state index in [9.17, 15) is 5.11 Å². The van der Waals surface area contributed by atoms with E-state index in [1.165, 1.54) is 5.56 Å². The van der Waals surface area contributed by atoms with E-state index < -0.39 is 0 Å². The van der Waals surface area contributed by atoms with E-state index in [0.717, 1.165) is 30.6 Å². The van der Waals surface area contributed by atoms with Crippen LogP contribution >= 0.6 is 0 Å². The normalized spacial score (nSPS) is 10.3. The lowest BCUT2D eigenvalue weighted by Gasteiger charge is -2.06. The molecular weight excluding hydrogens is 224 g/mol. The maximum absolute atomic E-state index is 9.67. The van der Waals surface area contributed by atoms with Crippen LogP contribution in [0.2, 0.25) is 0 Å². The van der Waals surface area contributed by atoms with Gasteiger partial charge < -0.3 is 9.84 Å². The van der Waals surface area contributed by atoms with Crippen molar-refractivity contribution in [2.24, 2.45) is 0 Å². The molecule has 0 fully saturated rings. The van der Waals surface area contributed by atoms with Crippen LogP contribution in [-0.4, -0.2) is 12.2 Å². The molecule has 0 bridgehead atoms. The Morgan fingerprint density at radius 1 is 1.00 bits per heavy atom. The zero-order valence-corrected chi connectivity index (χ0v) is 10.6. The highest BCUT2D eigenvalue weighted by atomic mass is 16.5. The summed E-state index contributed by atoms with van der Waals surface area (Å²) in [5.41, 5.74) is 2.28. The monoisotopic (exact) mass is 242 g/mol. The Hall–Kier alpha value is -1.96. The van der Waals surface area contributed by atoms with E-state index >= 15 is 0 Å². The molecule has 0 aliphatic rings. The predicted molar refractivity (Wildman–Crippen MR) is 73.1 cm³/mol. The van der Waals surface area contributed by atoms with Crippen molar-refractivity contribution in [3.8, 4) is 11.5 Å². The maximum Gasteiger partial charge on any atom is 0.119 e. The second kappa shape index (κ2) is 6.10. The first-order valence-electron chi connectivity index (χ1n) is 6.19. The number of hydrogen-bond acceptors (Lipinski definition) is 2. The van der Waals surface area contributed by atoms with Gasteiger partial charge in [0.2, 0.25) is 0 Å². The van der Waals surface area contributed by atoms with E-state index in [0.29, 0.717) is 5.75 Å². The predicted octanol–water partition coefficient (Wildman–Crippen LogP) is 3.58. The van der Waals surface area contributed by atoms with Crippen LogP contribution in [0, 0.1) is 0 Å². The van der Waals surface area contributed by atoms with Crippen molar-refractivity contribution in [3.05, 3.63) is 59.7 Å². The highest BCUT2D eigenvalue weighted by Crippen LogP contribution is 2.19. The Labute approximate surface area is 108 Å². The Morgan fingerprint density at radius 2 is 1.83 bits per heavy atom. The molecule has 0 amide bonds. The van der Waals surface area contributed by atoms with Crippen LogP contribution in [-0.2, 0) is 12.8 Å². The summed E-state index contributed by atoms with van der Waals surface area (Å²) in [6.07, 6.45) is 2.90. The fourth-order valence-corrected chi connectivity index (χ4v) is 2.03. The number of aryl methyl sites for hydroxylation is 2. The first-order chi connectivity index (χ1) is 8.79. The van der Waals surface area contributed by atoms with Crippen molar-refractivity contribution in [3.63, 3.8) is 0 Å². The minimum Gasteiger partial charge on any atom is -0.508 e. The van der Waals surface area contributed by atoms with Gasteiger partial charge in [0.1, 0.15) is 11.5 Å². The average Bonchev–Trinajstić information content (AvgIpc) is 2.41. The van der Waals surface area contributed by atoms with E-state index in [1.54, 1.807) is 13.2 Å². The number of hydrogen-bond donors (Lipinski definition) is 1. The van der Waals surface area contributed by atoms with Gasteiger partial charge in [-0.1, -0.05) is 30.3 Å². The molecule has 2 aromatic carbocycles. The van der Waals surface area contributed by atoms with Crippen molar-refractivity contribution in [2.45, 2.75) is 19.3 Å². The van der Waals surface area contributed by atoms with E-state index in [1.807, 2.05) is 30.3 Å². The third-order valence-electron chi connectivity index (χ3n) is 3.04. The molecule has 2 heteroatoms. The molecule has 1 N–H and O–H groups in total. The maximum atomic E-state index is 9.67. The molecule has 0 saturated heterocycles. The van der Waals surface area contributed by atoms with Crippen molar-refractivity contribution < 1.29 is 9.84 Å². The van der Waals surface area contributed by atoms with Gasteiger partial charge in [0, 0.05) is 0 Å². The lowest BCUT2D eigenvalue weighted by Crippen LogP contribution is -1.91. The summed E-state index contributed by atoms with van der Waals surface area (Å²) in [5.74, 6) is 1.29. The molecule has 2 nitrogen and oxygen atoms in total. The van der Waals surface area contributed by atoms with Gasteiger partial charge in [-0.2, -0.15) is 0 Å². The average molecular weight is 242 g/mol. The summed E-state index contributed by atoms with van der Waals surface area (Å²) in [7, 11) is 1.68. The lowest BCUT2D eigenvalue weighted by atomic mass is 10.0. The fraction of sp³-hybridized carbons (Fsp3) is 0.250. The van der Waals surface area contributed by atoms with Crippen LogP contribution < -0.4 is 4.74 Å². The summed E-state index contributed by atoms with van der Waals surface area (Å²) < 4.78 is 5.20. The smallest absolute Gasteiger partial charge is 0.119 e. The van der Waals surface area contributed by atoms with Gasteiger partial charge in [0.15, 0.2) is 0 Å². The topological polar surface area (TPSA) is 29.5 Å². The Balaban J connectivity index is 1.90. The van der Waals surface area contributed by atoms with Crippen LogP contribution in [0.1, 0.15) is 17.5 Å². The van der Waals surface area contributed by atoms with E-state index in [4.69, 9.17) is 4.74 Å². The second-order valence-corrected chi connectivity index (χ2v) is 4.33. The van der Waals surface area contributed by atoms with Gasteiger partial charge >= 0.3 is 0 Å². The number of phenolic OH excluding ortho intramolecular Hbond substituents is 1. The lowest BCUT2D eigenvalue weighted by molar-refractivity contribution is 0.414. The third-order valence-corrected chi connectivity index (χ3v) is 3.04. The Morgan fingerprint density at radius 3 is 2.61 bits per heavy atom. The molecule has 0 aliphatic heterocycles. The second-order valence-electron chi connectivity index (χ2n) is 4.33. The standard InChI is InChI=1S/C16H18O2/c1-18-15-10-5-7-13(12-15)6-4-9-14-8-2-3-11-16(14)17/h2-3,5,7-8,10-12,17H,4,6,9H2,1H3. The highest BCUT2D eigenvalue weighted by Gasteiger charge is 2.00. The molecule has 0 aromatic heterocycles. The van der Waals surface area contributed by atoms with Gasteiger partial charge in [0.05, 0.1) is 7.11 Å². The first kappa shape index (κ1) is 12.5. The van der Waals surface area contributed by atoms with Crippen LogP contribution in [0.25, 0.3) is 0 Å². The van der Waals surface area contributed by atoms with Gasteiger partial charge in [0.25, 0.3) is 0 Å². The van der Waals surface area contributed by atoms with Crippen LogP contribution in [0.4, 0.5) is 0 Å². The van der Waals surface area contributed by atoms with Crippen molar-refractivity contribution >= 4 is 0 Å². The SMILES string of the molecule is COc1cccc(CCCc2ccccc2O)c1. The zero-order valence-electron chi connectivity index (χ0n) is 10.6. The van der Waals surface area contributed by atoms with Crippen LogP contribution in [0.15, 0.2) is 48.5 Å². The fourth-order valence-electron chi connectivity index (χ4n) is 2.03. The largest absolute Gasteiger partial charge is 0.508 e. The molecule has 2 aromatic rings. The third kappa shape index (κ3) is 3.27. The number of benzene rings is 2. The van der Waals surface area contributed by atoms with Gasteiger partial charge in [-0.05, 0) is 48.6 Å². The van der Waals surface area contributed by atoms with E-state index in [2.05, 4.69) is 12.1 Å². The number of aromatic hydroxyl groups is 1. The van der Waals surface area contributed by atoms with Gasteiger partial charge in [-0.3, -0.25) is 0 Å². The van der Waals surface area contributed by atoms with E-state index in [-0.39, 0.29) is 0 Å². The molecular formula is C16H18O2. The molecule has 0 saturated carbocycles. The van der Waals surface area contributed by atoms with Crippen LogP contribution in [0.5, 0.6) is 11.5 Å². The molecule has 2 rings (SSSR count). The molecule has 0 heterocycles. The van der Waals surface area contributed by atoms with Crippen LogP contribution in [0.3, 0.4) is 0 Å². The molecule has 0 atom stereocenters. The minimum atomic E-state index is 0.392. The zero-order chi connectivity index (χ0) is 12.8. The van der Waals surface area contributed by atoms with Gasteiger partial charge in [-0.15, -0.1) is 0 Å². The molecule has 18 heavy (non-hydrogen) atoms. The minimum absolute atomic E-state index is 0.392. The Kier molecular flexibility index (Phi) is 4.24. The number of methoxy groups -OCH3 is 1. The number of rotatable bonds is 5. The summed E-state index contributed by atoms with van der Waals surface area (Å²) >= 11 is 0.